The number of pyridine rings is 1. The topological polar surface area (TPSA) is 97.1 Å². The molecule has 0 atom stereocenters. The predicted octanol–water partition coefficient (Wildman–Crippen LogP) is 0.545. The first kappa shape index (κ1) is 13.7. The summed E-state index contributed by atoms with van der Waals surface area (Å²) in [7, 11) is 0. The van der Waals surface area contributed by atoms with Crippen molar-refractivity contribution in [2.45, 2.75) is 6.54 Å². The number of carbonyl (C=O) groups excluding carboxylic acids is 1. The van der Waals surface area contributed by atoms with Crippen molar-refractivity contribution in [3.05, 3.63) is 48.1 Å². The standard InChI is InChI=1S/C12H11FN4O3/c13-9-5-14-2-1-8(9)11(18)15-3-4-17-6-10(12(19)20)16-7-17/h1-2,5-7H,3-4H2,(H,15,18)(H,19,20). The molecule has 1 amide bonds. The fourth-order valence-electron chi connectivity index (χ4n) is 1.55. The number of imidazole rings is 1. The highest BCUT2D eigenvalue weighted by molar-refractivity contribution is 5.94. The van der Waals surface area contributed by atoms with Gasteiger partial charge in [-0.1, -0.05) is 0 Å². The fourth-order valence-corrected chi connectivity index (χ4v) is 1.55. The molecular formula is C12H11FN4O3. The van der Waals surface area contributed by atoms with Gasteiger partial charge in [0.1, 0.15) is 0 Å². The normalized spacial score (nSPS) is 10.2. The van der Waals surface area contributed by atoms with Gasteiger partial charge in [0.25, 0.3) is 5.91 Å². The second-order valence-electron chi connectivity index (χ2n) is 3.91. The first-order chi connectivity index (χ1) is 9.58. The van der Waals surface area contributed by atoms with Crippen LogP contribution in [0.15, 0.2) is 31.0 Å². The summed E-state index contributed by atoms with van der Waals surface area (Å²) >= 11 is 0. The fraction of sp³-hybridized carbons (Fsp3) is 0.167. The molecule has 2 heterocycles. The minimum Gasteiger partial charge on any atom is -0.476 e. The molecule has 2 N–H and O–H groups in total. The van der Waals surface area contributed by atoms with Crippen molar-refractivity contribution in [2.24, 2.45) is 0 Å². The van der Waals surface area contributed by atoms with Gasteiger partial charge in [0.15, 0.2) is 11.5 Å². The molecule has 0 aromatic carbocycles. The van der Waals surface area contributed by atoms with Crippen LogP contribution in [0.4, 0.5) is 4.39 Å². The summed E-state index contributed by atoms with van der Waals surface area (Å²) in [5.74, 6) is -2.36. The highest BCUT2D eigenvalue weighted by atomic mass is 19.1. The molecule has 7 nitrogen and oxygen atoms in total. The number of aromatic nitrogens is 3. The summed E-state index contributed by atoms with van der Waals surface area (Å²) in [6.45, 7) is 0.550. The number of nitrogens with zero attached hydrogens (tertiary/aromatic N) is 3. The van der Waals surface area contributed by atoms with Gasteiger partial charge in [0, 0.05) is 25.5 Å². The molecule has 0 bridgehead atoms. The summed E-state index contributed by atoms with van der Waals surface area (Å²) in [4.78, 5) is 29.5. The molecule has 0 fully saturated rings. The largest absolute Gasteiger partial charge is 0.476 e. The van der Waals surface area contributed by atoms with E-state index in [0.29, 0.717) is 6.54 Å². The molecule has 0 unspecified atom stereocenters. The van der Waals surface area contributed by atoms with Crippen molar-refractivity contribution in [1.82, 2.24) is 19.9 Å². The summed E-state index contributed by atoms with van der Waals surface area (Å²) in [6, 6.07) is 1.28. The Bertz CT molecular complexity index is 641. The SMILES string of the molecule is O=C(O)c1cn(CCNC(=O)c2ccncc2F)cn1. The maximum atomic E-state index is 13.3. The molecule has 0 aliphatic rings. The minimum absolute atomic E-state index is 0.0727. The summed E-state index contributed by atoms with van der Waals surface area (Å²) in [5.41, 5.74) is -0.159. The molecule has 0 radical (unpaired) electrons. The van der Waals surface area contributed by atoms with Crippen LogP contribution >= 0.6 is 0 Å². The first-order valence-corrected chi connectivity index (χ1v) is 5.70. The zero-order valence-electron chi connectivity index (χ0n) is 10.3. The third-order valence-electron chi connectivity index (χ3n) is 2.52. The highest BCUT2D eigenvalue weighted by Crippen LogP contribution is 2.03. The van der Waals surface area contributed by atoms with Gasteiger partial charge in [-0.15, -0.1) is 0 Å². The molecule has 2 aromatic heterocycles. The van der Waals surface area contributed by atoms with E-state index in [4.69, 9.17) is 5.11 Å². The maximum absolute atomic E-state index is 13.3. The van der Waals surface area contributed by atoms with Crippen LogP contribution in [0.3, 0.4) is 0 Å². The van der Waals surface area contributed by atoms with E-state index in [2.05, 4.69) is 15.3 Å². The molecule has 0 saturated heterocycles. The van der Waals surface area contributed by atoms with Gasteiger partial charge >= 0.3 is 5.97 Å². The lowest BCUT2D eigenvalue weighted by molar-refractivity contribution is 0.0690. The Labute approximate surface area is 113 Å². The van der Waals surface area contributed by atoms with Crippen molar-refractivity contribution < 1.29 is 19.1 Å². The third-order valence-corrected chi connectivity index (χ3v) is 2.52. The number of nitrogens with one attached hydrogen (secondary N) is 1. The van der Waals surface area contributed by atoms with Crippen LogP contribution in [-0.2, 0) is 6.54 Å². The molecule has 20 heavy (non-hydrogen) atoms. The Hall–Kier alpha value is -2.77. The Morgan fingerprint density at radius 3 is 2.90 bits per heavy atom. The Balaban J connectivity index is 1.88. The van der Waals surface area contributed by atoms with Gasteiger partial charge in [-0.05, 0) is 6.07 Å². The molecule has 0 aliphatic heterocycles. The summed E-state index contributed by atoms with van der Waals surface area (Å²) < 4.78 is 14.8. The number of carbonyl (C=O) groups is 2. The van der Waals surface area contributed by atoms with Gasteiger partial charge < -0.3 is 15.0 Å². The predicted molar refractivity (Wildman–Crippen MR) is 65.7 cm³/mol. The molecular weight excluding hydrogens is 267 g/mol. The second-order valence-corrected chi connectivity index (χ2v) is 3.91. The van der Waals surface area contributed by atoms with Gasteiger partial charge in [-0.3, -0.25) is 9.78 Å². The quantitative estimate of drug-likeness (QED) is 0.832. The van der Waals surface area contributed by atoms with E-state index in [9.17, 15) is 14.0 Å². The van der Waals surface area contributed by atoms with E-state index in [0.717, 1.165) is 6.20 Å². The van der Waals surface area contributed by atoms with Crippen LogP contribution in [0.25, 0.3) is 0 Å². The smallest absolute Gasteiger partial charge is 0.356 e. The Morgan fingerprint density at radius 1 is 1.45 bits per heavy atom. The molecule has 0 saturated carbocycles. The molecule has 104 valence electrons. The van der Waals surface area contributed by atoms with Gasteiger partial charge in [-0.25, -0.2) is 14.2 Å². The molecule has 2 rings (SSSR count). The number of rotatable bonds is 5. The Kier molecular flexibility index (Phi) is 4.04. The highest BCUT2D eigenvalue weighted by Gasteiger charge is 2.11. The number of carboxylic acid groups (broad SMARTS) is 1. The lowest BCUT2D eigenvalue weighted by atomic mass is 10.2. The lowest BCUT2D eigenvalue weighted by Gasteiger charge is -2.06. The van der Waals surface area contributed by atoms with Crippen LogP contribution in [0.2, 0.25) is 0 Å². The van der Waals surface area contributed by atoms with Gasteiger partial charge in [-0.2, -0.15) is 0 Å². The minimum atomic E-state index is -1.12. The third kappa shape index (κ3) is 3.16. The van der Waals surface area contributed by atoms with Crippen molar-refractivity contribution >= 4 is 11.9 Å². The number of amides is 1. The summed E-state index contributed by atoms with van der Waals surface area (Å²) in [6.07, 6.45) is 4.99. The van der Waals surface area contributed by atoms with Crippen LogP contribution in [-0.4, -0.2) is 38.1 Å². The second kappa shape index (κ2) is 5.91. The Morgan fingerprint density at radius 2 is 2.25 bits per heavy atom. The van der Waals surface area contributed by atoms with E-state index in [1.54, 1.807) is 0 Å². The monoisotopic (exact) mass is 278 g/mol. The zero-order chi connectivity index (χ0) is 14.5. The number of hydrogen-bond acceptors (Lipinski definition) is 4. The van der Waals surface area contributed by atoms with Gasteiger partial charge in [0.2, 0.25) is 0 Å². The molecule has 2 aromatic rings. The lowest BCUT2D eigenvalue weighted by Crippen LogP contribution is -2.27. The van der Waals surface area contributed by atoms with E-state index < -0.39 is 17.7 Å². The van der Waals surface area contributed by atoms with E-state index in [-0.39, 0.29) is 17.8 Å². The average molecular weight is 278 g/mol. The van der Waals surface area contributed by atoms with E-state index >= 15 is 0 Å². The van der Waals surface area contributed by atoms with Crippen molar-refractivity contribution in [2.75, 3.05) is 6.54 Å². The summed E-state index contributed by atoms with van der Waals surface area (Å²) in [5, 5.41) is 11.2. The van der Waals surface area contributed by atoms with Crippen LogP contribution < -0.4 is 5.32 Å². The van der Waals surface area contributed by atoms with Crippen LogP contribution in [0, 0.1) is 5.82 Å². The van der Waals surface area contributed by atoms with Crippen LogP contribution in [0.5, 0.6) is 0 Å². The van der Waals surface area contributed by atoms with Crippen molar-refractivity contribution in [3.8, 4) is 0 Å². The number of aromatic carboxylic acids is 1. The van der Waals surface area contributed by atoms with Gasteiger partial charge in [0.05, 0.1) is 18.1 Å². The first-order valence-electron chi connectivity index (χ1n) is 5.70. The maximum Gasteiger partial charge on any atom is 0.356 e. The van der Waals surface area contributed by atoms with E-state index in [1.165, 1.54) is 29.4 Å². The van der Waals surface area contributed by atoms with Crippen molar-refractivity contribution in [1.29, 1.82) is 0 Å². The number of halogens is 1. The molecule has 0 aliphatic carbocycles. The molecule has 0 spiro atoms. The zero-order valence-corrected chi connectivity index (χ0v) is 10.3. The average Bonchev–Trinajstić information content (AvgIpc) is 2.88. The number of carboxylic acids is 1. The molecule has 8 heteroatoms. The van der Waals surface area contributed by atoms with Crippen molar-refractivity contribution in [3.63, 3.8) is 0 Å². The van der Waals surface area contributed by atoms with Crippen LogP contribution in [0.1, 0.15) is 20.8 Å². The number of hydrogen-bond donors (Lipinski definition) is 2. The van der Waals surface area contributed by atoms with E-state index in [1.807, 2.05) is 0 Å².